The van der Waals surface area contributed by atoms with Gasteiger partial charge in [-0.15, -0.1) is 0 Å². The SMILES string of the molecule is O=C(O)c1ccc(S(=O)(=O)NCC2(O)CCC2)c(Br)c1. The van der Waals surface area contributed by atoms with Gasteiger partial charge in [-0.3, -0.25) is 0 Å². The maximum Gasteiger partial charge on any atom is 0.335 e. The van der Waals surface area contributed by atoms with Gasteiger partial charge in [0.05, 0.1) is 16.1 Å². The highest BCUT2D eigenvalue weighted by atomic mass is 79.9. The highest BCUT2D eigenvalue weighted by molar-refractivity contribution is 9.10. The first-order valence-corrected chi connectivity index (χ1v) is 8.26. The molecule has 0 amide bonds. The van der Waals surface area contributed by atoms with Crippen molar-refractivity contribution in [3.63, 3.8) is 0 Å². The highest BCUT2D eigenvalue weighted by Gasteiger charge is 2.35. The smallest absolute Gasteiger partial charge is 0.335 e. The molecular formula is C12H14BrNO5S. The number of aliphatic hydroxyl groups is 1. The molecule has 2 rings (SSSR count). The molecule has 8 heteroatoms. The van der Waals surface area contributed by atoms with Crippen molar-refractivity contribution in [1.29, 1.82) is 0 Å². The molecule has 0 aromatic heterocycles. The predicted octanol–water partition coefficient (Wildman–Crippen LogP) is 1.34. The number of hydrogen-bond donors (Lipinski definition) is 3. The van der Waals surface area contributed by atoms with E-state index in [1.165, 1.54) is 18.2 Å². The molecule has 0 atom stereocenters. The number of benzene rings is 1. The van der Waals surface area contributed by atoms with Gasteiger partial charge in [0.15, 0.2) is 0 Å². The molecule has 3 N–H and O–H groups in total. The van der Waals surface area contributed by atoms with Gasteiger partial charge in [0.25, 0.3) is 0 Å². The van der Waals surface area contributed by atoms with Crippen molar-refractivity contribution in [2.45, 2.75) is 29.8 Å². The van der Waals surface area contributed by atoms with Crippen molar-refractivity contribution in [1.82, 2.24) is 4.72 Å². The fraction of sp³-hybridized carbons (Fsp3) is 0.417. The summed E-state index contributed by atoms with van der Waals surface area (Å²) in [7, 11) is -3.79. The second-order valence-electron chi connectivity index (χ2n) is 4.85. The number of aromatic carboxylic acids is 1. The minimum absolute atomic E-state index is 0.00607. The zero-order valence-corrected chi connectivity index (χ0v) is 12.9. The number of carboxylic acids is 1. The molecule has 0 saturated heterocycles. The first kappa shape index (κ1) is 15.4. The van der Waals surface area contributed by atoms with Crippen molar-refractivity contribution < 1.29 is 23.4 Å². The molecular weight excluding hydrogens is 350 g/mol. The van der Waals surface area contributed by atoms with Gasteiger partial charge in [0, 0.05) is 11.0 Å². The molecule has 6 nitrogen and oxygen atoms in total. The summed E-state index contributed by atoms with van der Waals surface area (Å²) in [5.41, 5.74) is -0.964. The second-order valence-corrected chi connectivity index (χ2v) is 7.44. The Morgan fingerprint density at radius 3 is 2.50 bits per heavy atom. The van der Waals surface area contributed by atoms with Crippen LogP contribution in [0.15, 0.2) is 27.6 Å². The van der Waals surface area contributed by atoms with Gasteiger partial charge in [-0.2, -0.15) is 0 Å². The van der Waals surface area contributed by atoms with Crippen molar-refractivity contribution in [3.8, 4) is 0 Å². The fourth-order valence-corrected chi connectivity index (χ4v) is 4.12. The topological polar surface area (TPSA) is 104 Å². The van der Waals surface area contributed by atoms with Crippen LogP contribution in [-0.2, 0) is 10.0 Å². The van der Waals surface area contributed by atoms with E-state index in [2.05, 4.69) is 20.7 Å². The van der Waals surface area contributed by atoms with E-state index in [-0.39, 0.29) is 21.5 Å². The third-order valence-electron chi connectivity index (χ3n) is 3.34. The molecule has 0 spiro atoms. The Morgan fingerprint density at radius 1 is 1.40 bits per heavy atom. The zero-order valence-electron chi connectivity index (χ0n) is 10.5. The van der Waals surface area contributed by atoms with E-state index in [0.717, 1.165) is 6.42 Å². The van der Waals surface area contributed by atoms with Crippen LogP contribution in [0.1, 0.15) is 29.6 Å². The van der Waals surface area contributed by atoms with Crippen LogP contribution >= 0.6 is 15.9 Å². The second kappa shape index (κ2) is 5.44. The lowest BCUT2D eigenvalue weighted by Gasteiger charge is -2.36. The lowest BCUT2D eigenvalue weighted by molar-refractivity contribution is -0.0270. The zero-order chi connectivity index (χ0) is 15.0. The van der Waals surface area contributed by atoms with E-state index in [4.69, 9.17) is 5.11 Å². The average molecular weight is 364 g/mol. The Hall–Kier alpha value is -0.960. The third-order valence-corrected chi connectivity index (χ3v) is 5.72. The van der Waals surface area contributed by atoms with Crippen LogP contribution in [-0.4, -0.2) is 36.7 Å². The molecule has 0 radical (unpaired) electrons. The Labute approximate surface area is 125 Å². The van der Waals surface area contributed by atoms with E-state index in [0.29, 0.717) is 12.8 Å². The van der Waals surface area contributed by atoms with Gasteiger partial charge in [0.2, 0.25) is 10.0 Å². The van der Waals surface area contributed by atoms with E-state index >= 15 is 0 Å². The van der Waals surface area contributed by atoms with Gasteiger partial charge in [-0.1, -0.05) is 0 Å². The lowest BCUT2D eigenvalue weighted by atomic mass is 9.81. The minimum Gasteiger partial charge on any atom is -0.478 e. The number of sulfonamides is 1. The van der Waals surface area contributed by atoms with Crippen molar-refractivity contribution in [3.05, 3.63) is 28.2 Å². The normalized spacial score (nSPS) is 17.5. The lowest BCUT2D eigenvalue weighted by Crippen LogP contribution is -2.47. The fourth-order valence-electron chi connectivity index (χ4n) is 1.92. The van der Waals surface area contributed by atoms with Crippen molar-refractivity contribution in [2.24, 2.45) is 0 Å². The molecule has 20 heavy (non-hydrogen) atoms. The van der Waals surface area contributed by atoms with Gasteiger partial charge in [-0.25, -0.2) is 17.9 Å². The highest BCUT2D eigenvalue weighted by Crippen LogP contribution is 2.31. The van der Waals surface area contributed by atoms with Crippen LogP contribution in [0, 0.1) is 0 Å². The molecule has 1 aromatic rings. The van der Waals surface area contributed by atoms with Gasteiger partial charge >= 0.3 is 5.97 Å². The largest absolute Gasteiger partial charge is 0.478 e. The number of carbonyl (C=O) groups is 1. The molecule has 0 unspecified atom stereocenters. The van der Waals surface area contributed by atoms with E-state index in [9.17, 15) is 18.3 Å². The monoisotopic (exact) mass is 363 g/mol. The summed E-state index contributed by atoms with van der Waals surface area (Å²) in [6.07, 6.45) is 2.04. The summed E-state index contributed by atoms with van der Waals surface area (Å²) < 4.78 is 26.8. The molecule has 0 bridgehead atoms. The van der Waals surface area contributed by atoms with Gasteiger partial charge in [-0.05, 0) is 53.4 Å². The summed E-state index contributed by atoms with van der Waals surface area (Å²) in [5.74, 6) is -1.13. The molecule has 0 aliphatic heterocycles. The molecule has 1 aromatic carbocycles. The number of halogens is 1. The van der Waals surface area contributed by atoms with Crippen molar-refractivity contribution in [2.75, 3.05) is 6.54 Å². The Morgan fingerprint density at radius 2 is 2.05 bits per heavy atom. The predicted molar refractivity (Wildman–Crippen MR) is 75.1 cm³/mol. The summed E-state index contributed by atoms with van der Waals surface area (Å²) >= 11 is 3.06. The first-order valence-electron chi connectivity index (χ1n) is 5.98. The molecule has 0 heterocycles. The van der Waals surface area contributed by atoms with Gasteiger partial charge < -0.3 is 10.2 Å². The summed E-state index contributed by atoms with van der Waals surface area (Å²) in [4.78, 5) is 10.7. The number of hydrogen-bond acceptors (Lipinski definition) is 4. The molecule has 1 aliphatic carbocycles. The van der Waals surface area contributed by atoms with Crippen LogP contribution in [0.4, 0.5) is 0 Å². The first-order chi connectivity index (χ1) is 9.23. The molecule has 1 aliphatic rings. The van der Waals surface area contributed by atoms with E-state index < -0.39 is 21.6 Å². The van der Waals surface area contributed by atoms with E-state index in [1.54, 1.807) is 0 Å². The Kier molecular flexibility index (Phi) is 4.19. The average Bonchev–Trinajstić information content (AvgIpc) is 2.33. The van der Waals surface area contributed by atoms with Crippen molar-refractivity contribution >= 4 is 31.9 Å². The van der Waals surface area contributed by atoms with Crippen LogP contribution in [0.2, 0.25) is 0 Å². The maximum absolute atomic E-state index is 12.1. The van der Waals surface area contributed by atoms with Crippen LogP contribution in [0.3, 0.4) is 0 Å². The van der Waals surface area contributed by atoms with E-state index in [1.807, 2.05) is 0 Å². The summed E-state index contributed by atoms with van der Waals surface area (Å²) in [6.45, 7) is -0.0392. The quantitative estimate of drug-likeness (QED) is 0.732. The number of rotatable bonds is 5. The maximum atomic E-state index is 12.1. The summed E-state index contributed by atoms with van der Waals surface area (Å²) in [6, 6.07) is 3.68. The van der Waals surface area contributed by atoms with Crippen LogP contribution in [0.5, 0.6) is 0 Å². The molecule has 110 valence electrons. The Balaban J connectivity index is 2.18. The molecule has 1 fully saturated rings. The van der Waals surface area contributed by atoms with Gasteiger partial charge in [0.1, 0.15) is 0 Å². The van der Waals surface area contributed by atoms with Crippen LogP contribution in [0.25, 0.3) is 0 Å². The summed E-state index contributed by atoms with van der Waals surface area (Å²) in [5, 5.41) is 18.7. The third kappa shape index (κ3) is 3.20. The standard InChI is InChI=1S/C12H14BrNO5S/c13-9-6-8(11(15)16)2-3-10(9)20(18,19)14-7-12(17)4-1-5-12/h2-3,6,14,17H,1,4-5,7H2,(H,15,16). The minimum atomic E-state index is -3.79. The van der Waals surface area contributed by atoms with Crippen LogP contribution < -0.4 is 4.72 Å². The number of nitrogens with one attached hydrogen (secondary N) is 1. The molecule has 1 saturated carbocycles. The Bertz CT molecular complexity index is 639. The number of carboxylic acid groups (broad SMARTS) is 1.